The van der Waals surface area contributed by atoms with E-state index in [0.29, 0.717) is 0 Å². The van der Waals surface area contributed by atoms with Gasteiger partial charge in [-0.25, -0.2) is 9.50 Å². The van der Waals surface area contributed by atoms with Crippen LogP contribution in [0.15, 0.2) is 67.3 Å². The van der Waals surface area contributed by atoms with Gasteiger partial charge in [0.1, 0.15) is 12.0 Å². The Morgan fingerprint density at radius 1 is 1.00 bits per heavy atom. The number of fused-ring (bicyclic) bond motifs is 1. The first kappa shape index (κ1) is 18.6. The van der Waals surface area contributed by atoms with Gasteiger partial charge in [-0.2, -0.15) is 18.3 Å². The summed E-state index contributed by atoms with van der Waals surface area (Å²) in [6, 6.07) is 13.3. The van der Waals surface area contributed by atoms with Crippen molar-refractivity contribution in [2.75, 3.05) is 5.32 Å². The quantitative estimate of drug-likeness (QED) is 0.565. The molecule has 1 amide bonds. The average Bonchev–Trinajstić information content (AvgIpc) is 3.16. The van der Waals surface area contributed by atoms with Gasteiger partial charge in [-0.1, -0.05) is 24.3 Å². The minimum atomic E-state index is -4.56. The summed E-state index contributed by atoms with van der Waals surface area (Å²) >= 11 is 0. The monoisotopic (exact) mass is 397 g/mol. The normalized spacial score (nSPS) is 11.6. The summed E-state index contributed by atoms with van der Waals surface area (Å²) in [5.41, 5.74) is 2.36. The number of halogens is 3. The third-order valence-corrected chi connectivity index (χ3v) is 4.27. The fraction of sp³-hybridized carbons (Fsp3) is 0.100. The maximum atomic E-state index is 12.7. The molecule has 3 aromatic heterocycles. The van der Waals surface area contributed by atoms with Crippen molar-refractivity contribution >= 4 is 17.2 Å². The maximum Gasteiger partial charge on any atom is 0.433 e. The van der Waals surface area contributed by atoms with Crippen molar-refractivity contribution in [3.63, 3.8) is 0 Å². The highest BCUT2D eigenvalue weighted by Crippen LogP contribution is 2.28. The fourth-order valence-corrected chi connectivity index (χ4v) is 2.86. The molecule has 9 heteroatoms. The van der Waals surface area contributed by atoms with Crippen LogP contribution in [0.4, 0.5) is 18.9 Å². The number of nitrogens with zero attached hydrogens (tertiary/aromatic N) is 4. The molecule has 4 aromatic rings. The van der Waals surface area contributed by atoms with E-state index in [2.05, 4.69) is 20.4 Å². The number of benzene rings is 1. The van der Waals surface area contributed by atoms with E-state index in [1.54, 1.807) is 16.6 Å². The van der Waals surface area contributed by atoms with Crippen LogP contribution >= 0.6 is 0 Å². The van der Waals surface area contributed by atoms with Crippen molar-refractivity contribution in [2.45, 2.75) is 12.6 Å². The predicted octanol–water partition coefficient (Wildman–Crippen LogP) is 3.99. The zero-order valence-corrected chi connectivity index (χ0v) is 14.9. The minimum Gasteiger partial charge on any atom is -0.326 e. The van der Waals surface area contributed by atoms with Gasteiger partial charge in [-0.05, 0) is 41.0 Å². The maximum absolute atomic E-state index is 12.7. The summed E-state index contributed by atoms with van der Waals surface area (Å²) in [6.07, 6.45) is -0.233. The third kappa shape index (κ3) is 4.23. The molecule has 0 saturated carbocycles. The summed E-state index contributed by atoms with van der Waals surface area (Å²) in [6.45, 7) is 0. The van der Waals surface area contributed by atoms with Gasteiger partial charge in [0.25, 0.3) is 0 Å². The number of anilines is 1. The lowest BCUT2D eigenvalue weighted by Crippen LogP contribution is -2.15. The fourth-order valence-electron chi connectivity index (χ4n) is 2.86. The third-order valence-electron chi connectivity index (χ3n) is 4.27. The van der Waals surface area contributed by atoms with Gasteiger partial charge >= 0.3 is 6.18 Å². The molecule has 29 heavy (non-hydrogen) atoms. The molecule has 0 aliphatic rings. The standard InChI is InChI=1S/C20H14F3N5O/c21-20(22,23)17-11-16(5-7-24-17)27-19(29)9-13-1-3-14(4-2-13)15-6-8-28-18(10-15)25-12-26-28/h1-8,10-12H,9H2,(H,24,27,29). The van der Waals surface area contributed by atoms with Crippen LogP contribution in [0.25, 0.3) is 16.8 Å². The molecule has 0 fully saturated rings. The van der Waals surface area contributed by atoms with Crippen LogP contribution in [0.5, 0.6) is 0 Å². The van der Waals surface area contributed by atoms with E-state index in [4.69, 9.17) is 0 Å². The molecule has 0 radical (unpaired) electrons. The Hall–Kier alpha value is -3.75. The second-order valence-corrected chi connectivity index (χ2v) is 6.33. The minimum absolute atomic E-state index is 0.0349. The second-order valence-electron chi connectivity index (χ2n) is 6.33. The van der Waals surface area contributed by atoms with Gasteiger partial charge in [-0.15, -0.1) is 0 Å². The summed E-state index contributed by atoms with van der Waals surface area (Å²) < 4.78 is 39.8. The molecule has 0 unspecified atom stereocenters. The Morgan fingerprint density at radius 3 is 2.55 bits per heavy atom. The van der Waals surface area contributed by atoms with E-state index in [0.717, 1.165) is 34.6 Å². The molecule has 0 aliphatic heterocycles. The van der Waals surface area contributed by atoms with E-state index in [9.17, 15) is 18.0 Å². The SMILES string of the molecule is O=C(Cc1ccc(-c2ccn3ncnc3c2)cc1)Nc1ccnc(C(F)(F)F)c1. The van der Waals surface area contributed by atoms with Crippen LogP contribution in [0.1, 0.15) is 11.3 Å². The summed E-state index contributed by atoms with van der Waals surface area (Å²) in [5, 5.41) is 6.52. The van der Waals surface area contributed by atoms with Crippen molar-refractivity contribution in [1.29, 1.82) is 0 Å². The molecule has 4 rings (SSSR count). The lowest BCUT2D eigenvalue weighted by atomic mass is 10.0. The lowest BCUT2D eigenvalue weighted by molar-refractivity contribution is -0.141. The van der Waals surface area contributed by atoms with Gasteiger partial charge in [0.05, 0.1) is 6.42 Å². The van der Waals surface area contributed by atoms with E-state index in [-0.39, 0.29) is 12.1 Å². The number of hydrogen-bond donors (Lipinski definition) is 1. The molecule has 0 aliphatic carbocycles. The first-order valence-electron chi connectivity index (χ1n) is 8.60. The van der Waals surface area contributed by atoms with Crippen molar-refractivity contribution < 1.29 is 18.0 Å². The molecular formula is C20H14F3N5O. The van der Waals surface area contributed by atoms with Gasteiger partial charge < -0.3 is 5.32 Å². The van der Waals surface area contributed by atoms with Crippen LogP contribution in [-0.2, 0) is 17.4 Å². The molecule has 6 nitrogen and oxygen atoms in total. The average molecular weight is 397 g/mol. The van der Waals surface area contributed by atoms with Crippen LogP contribution in [0.2, 0.25) is 0 Å². The molecule has 146 valence electrons. The van der Waals surface area contributed by atoms with Gasteiger partial charge in [0.15, 0.2) is 5.65 Å². The smallest absolute Gasteiger partial charge is 0.326 e. The first-order chi connectivity index (χ1) is 13.9. The Labute approximate surface area is 163 Å². The van der Waals surface area contributed by atoms with E-state index >= 15 is 0 Å². The number of rotatable bonds is 4. The molecule has 3 heterocycles. The lowest BCUT2D eigenvalue weighted by Gasteiger charge is -2.09. The molecular weight excluding hydrogens is 383 g/mol. The Morgan fingerprint density at radius 2 is 1.79 bits per heavy atom. The van der Waals surface area contributed by atoms with Crippen LogP contribution in [0.3, 0.4) is 0 Å². The van der Waals surface area contributed by atoms with Crippen molar-refractivity contribution in [3.05, 3.63) is 78.5 Å². The van der Waals surface area contributed by atoms with Crippen molar-refractivity contribution in [1.82, 2.24) is 19.6 Å². The van der Waals surface area contributed by atoms with Crippen molar-refractivity contribution in [3.8, 4) is 11.1 Å². The number of hydrogen-bond acceptors (Lipinski definition) is 4. The number of carbonyl (C=O) groups is 1. The zero-order valence-electron chi connectivity index (χ0n) is 14.9. The second kappa shape index (κ2) is 7.34. The number of aromatic nitrogens is 4. The van der Waals surface area contributed by atoms with Crippen LogP contribution < -0.4 is 5.32 Å². The number of pyridine rings is 2. The zero-order chi connectivity index (χ0) is 20.4. The Kier molecular flexibility index (Phi) is 4.71. The number of carbonyl (C=O) groups excluding carboxylic acids is 1. The molecule has 1 N–H and O–H groups in total. The Balaban J connectivity index is 1.44. The highest BCUT2D eigenvalue weighted by Gasteiger charge is 2.32. The summed E-state index contributed by atoms with van der Waals surface area (Å²) in [7, 11) is 0. The molecule has 1 aromatic carbocycles. The van der Waals surface area contributed by atoms with Gasteiger partial charge in [0.2, 0.25) is 5.91 Å². The molecule has 0 atom stereocenters. The molecule has 0 bridgehead atoms. The van der Waals surface area contributed by atoms with Gasteiger partial charge in [0, 0.05) is 18.1 Å². The molecule has 0 spiro atoms. The Bertz CT molecular complexity index is 1170. The van der Waals surface area contributed by atoms with E-state index in [1.165, 1.54) is 12.4 Å². The number of nitrogens with one attached hydrogen (secondary N) is 1. The topological polar surface area (TPSA) is 72.2 Å². The summed E-state index contributed by atoms with van der Waals surface area (Å²) in [5.74, 6) is -0.415. The van der Waals surface area contributed by atoms with E-state index in [1.807, 2.05) is 30.5 Å². The first-order valence-corrected chi connectivity index (χ1v) is 8.60. The van der Waals surface area contributed by atoms with Gasteiger partial charge in [-0.3, -0.25) is 9.78 Å². The van der Waals surface area contributed by atoms with E-state index < -0.39 is 17.8 Å². The van der Waals surface area contributed by atoms with Crippen LogP contribution in [-0.4, -0.2) is 25.5 Å². The highest BCUT2D eigenvalue weighted by atomic mass is 19.4. The van der Waals surface area contributed by atoms with Crippen LogP contribution in [0, 0.1) is 0 Å². The number of amides is 1. The predicted molar refractivity (Wildman–Crippen MR) is 100.0 cm³/mol. The number of alkyl halides is 3. The highest BCUT2D eigenvalue weighted by molar-refractivity contribution is 5.92. The largest absolute Gasteiger partial charge is 0.433 e. The van der Waals surface area contributed by atoms with Crippen molar-refractivity contribution in [2.24, 2.45) is 0 Å². The summed E-state index contributed by atoms with van der Waals surface area (Å²) in [4.78, 5) is 19.6. The molecule has 0 saturated heterocycles.